The fourth-order valence-corrected chi connectivity index (χ4v) is 2.48. The molecule has 0 atom stereocenters. The summed E-state index contributed by atoms with van der Waals surface area (Å²) in [6.07, 6.45) is 1.77. The van der Waals surface area contributed by atoms with Crippen LogP contribution in [0.25, 0.3) is 0 Å². The number of hydrogen-bond donors (Lipinski definition) is 3. The quantitative estimate of drug-likeness (QED) is 0.325. The molecule has 2 rings (SSSR count). The van der Waals surface area contributed by atoms with E-state index in [0.29, 0.717) is 18.7 Å². The van der Waals surface area contributed by atoms with Gasteiger partial charge in [0.1, 0.15) is 0 Å². The van der Waals surface area contributed by atoms with Crippen LogP contribution in [0, 0.1) is 0 Å². The lowest BCUT2D eigenvalue weighted by atomic mass is 10.1. The summed E-state index contributed by atoms with van der Waals surface area (Å²) in [7, 11) is 1.91. The molecule has 0 spiro atoms. The molecule has 8 heteroatoms. The fourth-order valence-electron chi connectivity index (χ4n) is 2.48. The average molecular weight is 498 g/mol. The fraction of sp³-hybridized carbons (Fsp3) is 0.450. The molecule has 0 radical (unpaired) electrons. The molecule has 0 aliphatic heterocycles. The molecule has 7 nitrogen and oxygen atoms in total. The highest BCUT2D eigenvalue weighted by Crippen LogP contribution is 2.09. The summed E-state index contributed by atoms with van der Waals surface area (Å²) in [5.74, 6) is 0.651. The number of carbonyl (C=O) groups is 1. The number of guanidine groups is 1. The second-order valence-corrected chi connectivity index (χ2v) is 7.40. The third kappa shape index (κ3) is 7.87. The number of carbonyl (C=O) groups excluding carboxylic acids is 1. The van der Waals surface area contributed by atoms with Crippen molar-refractivity contribution in [2.75, 3.05) is 6.54 Å². The number of rotatable bonds is 6. The highest BCUT2D eigenvalue weighted by molar-refractivity contribution is 14.0. The van der Waals surface area contributed by atoms with Gasteiger partial charge in [-0.15, -0.1) is 24.0 Å². The minimum absolute atomic E-state index is 0. The van der Waals surface area contributed by atoms with E-state index in [0.717, 1.165) is 23.8 Å². The number of aliphatic imine (C=N–C) groups is 1. The van der Waals surface area contributed by atoms with Crippen LogP contribution in [0.4, 0.5) is 0 Å². The Labute approximate surface area is 184 Å². The van der Waals surface area contributed by atoms with E-state index in [1.165, 1.54) is 0 Å². The number of benzene rings is 1. The Morgan fingerprint density at radius 3 is 2.57 bits per heavy atom. The Morgan fingerprint density at radius 1 is 1.21 bits per heavy atom. The van der Waals surface area contributed by atoms with Crippen molar-refractivity contribution in [1.82, 2.24) is 25.7 Å². The van der Waals surface area contributed by atoms with Gasteiger partial charge in [-0.2, -0.15) is 5.10 Å². The van der Waals surface area contributed by atoms with E-state index >= 15 is 0 Å². The lowest BCUT2D eigenvalue weighted by Gasteiger charge is -2.20. The molecule has 2 aromatic rings. The van der Waals surface area contributed by atoms with Gasteiger partial charge in [-0.05, 0) is 51.5 Å². The number of hydrogen-bond acceptors (Lipinski definition) is 3. The van der Waals surface area contributed by atoms with Crippen LogP contribution in [0.15, 0.2) is 41.5 Å². The van der Waals surface area contributed by atoms with Crippen molar-refractivity contribution < 1.29 is 4.79 Å². The highest BCUT2D eigenvalue weighted by Gasteiger charge is 2.15. The van der Waals surface area contributed by atoms with E-state index in [-0.39, 0.29) is 35.4 Å². The van der Waals surface area contributed by atoms with Gasteiger partial charge in [-0.1, -0.05) is 12.1 Å². The zero-order valence-corrected chi connectivity index (χ0v) is 19.6. The molecule has 154 valence electrons. The molecule has 0 aliphatic rings. The molecule has 0 fully saturated rings. The Bertz CT molecular complexity index is 794. The number of amides is 1. The standard InChI is InChI=1S/C20H30N6O.HI/c1-6-21-19(23-14-17-10-11-24-26(17)5)22-13-15-8-7-9-16(12-15)18(27)25-20(2,3)4;/h7-12H,6,13-14H2,1-5H3,(H,25,27)(H2,21,22,23);1H. The van der Waals surface area contributed by atoms with Gasteiger partial charge in [-0.25, -0.2) is 4.99 Å². The van der Waals surface area contributed by atoms with Crippen LogP contribution in [-0.2, 0) is 20.1 Å². The van der Waals surface area contributed by atoms with Crippen molar-refractivity contribution in [2.45, 2.75) is 46.3 Å². The number of nitrogens with zero attached hydrogens (tertiary/aromatic N) is 3. The number of halogens is 1. The third-order valence-electron chi connectivity index (χ3n) is 3.80. The molecule has 3 N–H and O–H groups in total. The maximum absolute atomic E-state index is 12.3. The number of aryl methyl sites for hydroxylation is 1. The van der Waals surface area contributed by atoms with E-state index < -0.39 is 0 Å². The lowest BCUT2D eigenvalue weighted by Crippen LogP contribution is -2.40. The van der Waals surface area contributed by atoms with Crippen molar-refractivity contribution in [3.8, 4) is 0 Å². The van der Waals surface area contributed by atoms with Gasteiger partial charge < -0.3 is 16.0 Å². The summed E-state index contributed by atoms with van der Waals surface area (Å²) in [5.41, 5.74) is 2.43. The summed E-state index contributed by atoms with van der Waals surface area (Å²) in [5, 5.41) is 13.7. The predicted octanol–water partition coefficient (Wildman–Crippen LogP) is 2.82. The maximum atomic E-state index is 12.3. The van der Waals surface area contributed by atoms with Gasteiger partial charge in [0, 0.05) is 30.9 Å². The molecule has 0 saturated carbocycles. The van der Waals surface area contributed by atoms with Crippen LogP contribution in [0.1, 0.15) is 49.3 Å². The first kappa shape index (κ1) is 23.9. The largest absolute Gasteiger partial charge is 0.357 e. The zero-order chi connectivity index (χ0) is 19.9. The molecule has 0 saturated heterocycles. The van der Waals surface area contributed by atoms with Gasteiger partial charge in [0.2, 0.25) is 0 Å². The van der Waals surface area contributed by atoms with E-state index in [1.807, 2.05) is 69.8 Å². The first-order chi connectivity index (χ1) is 12.8. The molecule has 28 heavy (non-hydrogen) atoms. The Hall–Kier alpha value is -2.10. The third-order valence-corrected chi connectivity index (χ3v) is 3.80. The molecular formula is C20H31IN6O. The van der Waals surface area contributed by atoms with Gasteiger partial charge in [0.15, 0.2) is 5.96 Å². The minimum atomic E-state index is -0.265. The Kier molecular flexibility index (Phi) is 9.44. The van der Waals surface area contributed by atoms with Gasteiger partial charge in [-0.3, -0.25) is 9.48 Å². The van der Waals surface area contributed by atoms with E-state index in [4.69, 9.17) is 0 Å². The summed E-state index contributed by atoms with van der Waals surface area (Å²) < 4.78 is 1.83. The number of aromatic nitrogens is 2. The summed E-state index contributed by atoms with van der Waals surface area (Å²) >= 11 is 0. The van der Waals surface area contributed by atoms with Crippen LogP contribution in [0.5, 0.6) is 0 Å². The summed E-state index contributed by atoms with van der Waals surface area (Å²) in [6, 6.07) is 9.53. The SMILES string of the molecule is CCNC(=NCc1cccc(C(=O)NC(C)(C)C)c1)NCc1ccnn1C.I. The normalized spacial score (nSPS) is 11.5. The molecule has 0 aliphatic carbocycles. The van der Waals surface area contributed by atoms with Crippen molar-refractivity contribution in [1.29, 1.82) is 0 Å². The second-order valence-electron chi connectivity index (χ2n) is 7.40. The van der Waals surface area contributed by atoms with E-state index in [2.05, 4.69) is 26.0 Å². The summed E-state index contributed by atoms with van der Waals surface area (Å²) in [4.78, 5) is 17.0. The first-order valence-corrected chi connectivity index (χ1v) is 9.19. The molecule has 1 heterocycles. The van der Waals surface area contributed by atoms with Crippen LogP contribution in [0.3, 0.4) is 0 Å². The number of nitrogens with one attached hydrogen (secondary N) is 3. The molecule has 1 aromatic heterocycles. The van der Waals surface area contributed by atoms with Crippen LogP contribution in [0.2, 0.25) is 0 Å². The highest BCUT2D eigenvalue weighted by atomic mass is 127. The maximum Gasteiger partial charge on any atom is 0.251 e. The van der Waals surface area contributed by atoms with Crippen LogP contribution in [-0.4, -0.2) is 33.7 Å². The monoisotopic (exact) mass is 498 g/mol. The van der Waals surface area contributed by atoms with Gasteiger partial charge in [0.25, 0.3) is 5.91 Å². The van der Waals surface area contributed by atoms with Crippen molar-refractivity contribution in [3.05, 3.63) is 53.3 Å². The topological polar surface area (TPSA) is 83.3 Å². The van der Waals surface area contributed by atoms with Gasteiger partial charge in [0.05, 0.1) is 18.8 Å². The smallest absolute Gasteiger partial charge is 0.251 e. The predicted molar refractivity (Wildman–Crippen MR) is 124 cm³/mol. The van der Waals surface area contributed by atoms with Crippen molar-refractivity contribution in [3.63, 3.8) is 0 Å². The lowest BCUT2D eigenvalue weighted by molar-refractivity contribution is 0.0919. The second kappa shape index (κ2) is 11.0. The molecular weight excluding hydrogens is 467 g/mol. The van der Waals surface area contributed by atoms with Crippen molar-refractivity contribution in [2.24, 2.45) is 12.0 Å². The first-order valence-electron chi connectivity index (χ1n) is 9.19. The molecule has 1 amide bonds. The zero-order valence-electron chi connectivity index (χ0n) is 17.2. The van der Waals surface area contributed by atoms with E-state index in [9.17, 15) is 4.79 Å². The molecule has 0 bridgehead atoms. The van der Waals surface area contributed by atoms with Crippen LogP contribution >= 0.6 is 24.0 Å². The van der Waals surface area contributed by atoms with E-state index in [1.54, 1.807) is 6.20 Å². The Morgan fingerprint density at radius 2 is 1.96 bits per heavy atom. The minimum Gasteiger partial charge on any atom is -0.357 e. The Balaban J connectivity index is 0.00000392. The molecule has 1 aromatic carbocycles. The molecule has 0 unspecified atom stereocenters. The average Bonchev–Trinajstić information content (AvgIpc) is 3.01. The van der Waals surface area contributed by atoms with Crippen molar-refractivity contribution >= 4 is 35.8 Å². The summed E-state index contributed by atoms with van der Waals surface area (Å²) in [6.45, 7) is 9.82. The van der Waals surface area contributed by atoms with Crippen LogP contribution < -0.4 is 16.0 Å². The van der Waals surface area contributed by atoms with Gasteiger partial charge >= 0.3 is 0 Å².